The number of hydrogen-bond acceptors (Lipinski definition) is 3. The molecule has 66 valence electrons. The number of rotatable bonds is 2. The van der Waals surface area contributed by atoms with E-state index in [1.54, 1.807) is 6.20 Å². The molecule has 4 heteroatoms. The number of aryl methyl sites for hydroxylation is 1. The average Bonchev–Trinajstić information content (AvgIpc) is 2.44. The van der Waals surface area contributed by atoms with Crippen molar-refractivity contribution in [3.8, 4) is 0 Å². The van der Waals surface area contributed by atoms with Gasteiger partial charge in [-0.2, -0.15) is 0 Å². The van der Waals surface area contributed by atoms with Gasteiger partial charge in [0.15, 0.2) is 5.65 Å². The zero-order valence-electron chi connectivity index (χ0n) is 7.24. The Morgan fingerprint density at radius 2 is 2.46 bits per heavy atom. The third kappa shape index (κ3) is 1.42. The molecule has 2 aromatic heterocycles. The third-order valence-electron chi connectivity index (χ3n) is 1.83. The molecule has 0 atom stereocenters. The molecule has 0 aliphatic carbocycles. The van der Waals surface area contributed by atoms with Gasteiger partial charge in [-0.05, 0) is 18.6 Å². The maximum absolute atomic E-state index is 10.3. The highest BCUT2D eigenvalue weighted by Crippen LogP contribution is 2.10. The lowest BCUT2D eigenvalue weighted by Gasteiger charge is -1.92. The smallest absolute Gasteiger partial charge is 0.177 e. The number of pyridine rings is 1. The van der Waals surface area contributed by atoms with Crippen LogP contribution in [-0.2, 0) is 11.2 Å². The van der Waals surface area contributed by atoms with Crippen molar-refractivity contribution in [2.24, 2.45) is 0 Å². The lowest BCUT2D eigenvalue weighted by atomic mass is 10.2. The van der Waals surface area contributed by atoms with Gasteiger partial charge in [0.1, 0.15) is 12.1 Å². The van der Waals surface area contributed by atoms with Gasteiger partial charge in [0.2, 0.25) is 0 Å². The Balaban J connectivity index is 2.54. The summed E-state index contributed by atoms with van der Waals surface area (Å²) in [4.78, 5) is 21.6. The molecule has 0 spiro atoms. The highest BCUT2D eigenvalue weighted by Gasteiger charge is 2.01. The SMILES string of the molecule is Cc1nc2ncc(CC=O)cc2[nH]1. The van der Waals surface area contributed by atoms with E-state index in [-0.39, 0.29) is 0 Å². The Labute approximate surface area is 75.0 Å². The van der Waals surface area contributed by atoms with Crippen LogP contribution in [0.3, 0.4) is 0 Å². The monoisotopic (exact) mass is 175 g/mol. The Morgan fingerprint density at radius 1 is 1.62 bits per heavy atom. The molecule has 2 rings (SSSR count). The molecule has 2 heterocycles. The minimum absolute atomic E-state index is 0.404. The summed E-state index contributed by atoms with van der Waals surface area (Å²) in [7, 11) is 0. The molecule has 0 amide bonds. The minimum atomic E-state index is 0.404. The fourth-order valence-electron chi connectivity index (χ4n) is 1.27. The van der Waals surface area contributed by atoms with Crippen LogP contribution in [0.25, 0.3) is 11.2 Å². The van der Waals surface area contributed by atoms with Crippen LogP contribution in [0, 0.1) is 6.92 Å². The van der Waals surface area contributed by atoms with Gasteiger partial charge in [-0.15, -0.1) is 0 Å². The molecule has 0 aliphatic rings. The Kier molecular flexibility index (Phi) is 1.81. The van der Waals surface area contributed by atoms with Crippen LogP contribution >= 0.6 is 0 Å². The molecule has 4 nitrogen and oxygen atoms in total. The summed E-state index contributed by atoms with van der Waals surface area (Å²) < 4.78 is 0. The predicted octanol–water partition coefficient (Wildman–Crippen LogP) is 1.01. The second-order valence-corrected chi connectivity index (χ2v) is 2.91. The number of aromatic amines is 1. The van der Waals surface area contributed by atoms with E-state index in [9.17, 15) is 4.79 Å². The fourth-order valence-corrected chi connectivity index (χ4v) is 1.27. The van der Waals surface area contributed by atoms with Crippen LogP contribution in [-0.4, -0.2) is 21.2 Å². The first-order valence-corrected chi connectivity index (χ1v) is 4.04. The Morgan fingerprint density at radius 3 is 3.23 bits per heavy atom. The van der Waals surface area contributed by atoms with Crippen LogP contribution < -0.4 is 0 Å². The van der Waals surface area contributed by atoms with Gasteiger partial charge in [0, 0.05) is 12.6 Å². The highest BCUT2D eigenvalue weighted by atomic mass is 16.1. The molecule has 0 bridgehead atoms. The molecular formula is C9H9N3O. The molecule has 13 heavy (non-hydrogen) atoms. The van der Waals surface area contributed by atoms with E-state index < -0.39 is 0 Å². The van der Waals surface area contributed by atoms with E-state index >= 15 is 0 Å². The Bertz CT molecular complexity index is 447. The summed E-state index contributed by atoms with van der Waals surface area (Å²) in [5.41, 5.74) is 2.50. The van der Waals surface area contributed by atoms with Crippen molar-refractivity contribution in [2.45, 2.75) is 13.3 Å². The number of imidazole rings is 1. The highest BCUT2D eigenvalue weighted by molar-refractivity contribution is 5.72. The first-order valence-electron chi connectivity index (χ1n) is 4.04. The van der Waals surface area contributed by atoms with Crippen LogP contribution in [0.15, 0.2) is 12.3 Å². The average molecular weight is 175 g/mol. The Hall–Kier alpha value is -1.71. The molecule has 0 saturated carbocycles. The van der Waals surface area contributed by atoms with Crippen molar-refractivity contribution >= 4 is 17.5 Å². The second-order valence-electron chi connectivity index (χ2n) is 2.91. The van der Waals surface area contributed by atoms with Crippen molar-refractivity contribution in [1.82, 2.24) is 15.0 Å². The zero-order chi connectivity index (χ0) is 9.26. The van der Waals surface area contributed by atoms with Gasteiger partial charge in [-0.25, -0.2) is 9.97 Å². The standard InChI is InChI=1S/C9H9N3O/c1-6-11-8-4-7(2-3-13)5-10-9(8)12-6/h3-5H,2H2,1H3,(H,10,11,12). The fraction of sp³-hybridized carbons (Fsp3) is 0.222. The van der Waals surface area contributed by atoms with E-state index in [0.717, 1.165) is 23.2 Å². The number of aromatic nitrogens is 3. The van der Waals surface area contributed by atoms with Crippen molar-refractivity contribution in [1.29, 1.82) is 0 Å². The maximum atomic E-state index is 10.3. The van der Waals surface area contributed by atoms with Gasteiger partial charge in [0.05, 0.1) is 5.52 Å². The van der Waals surface area contributed by atoms with Crippen LogP contribution in [0.2, 0.25) is 0 Å². The molecule has 0 aromatic carbocycles. The molecule has 0 unspecified atom stereocenters. The molecule has 0 fully saturated rings. The van der Waals surface area contributed by atoms with Gasteiger partial charge in [0.25, 0.3) is 0 Å². The van der Waals surface area contributed by atoms with Crippen LogP contribution in [0.1, 0.15) is 11.4 Å². The molecule has 1 N–H and O–H groups in total. The van der Waals surface area contributed by atoms with E-state index in [1.165, 1.54) is 0 Å². The molecule has 2 aromatic rings. The quantitative estimate of drug-likeness (QED) is 0.693. The number of nitrogens with zero attached hydrogens (tertiary/aromatic N) is 2. The van der Waals surface area contributed by atoms with E-state index in [4.69, 9.17) is 0 Å². The minimum Gasteiger partial charge on any atom is -0.341 e. The summed E-state index contributed by atoms with van der Waals surface area (Å²) in [6.07, 6.45) is 2.95. The van der Waals surface area contributed by atoms with Crippen molar-refractivity contribution in [2.75, 3.05) is 0 Å². The molecule has 0 saturated heterocycles. The summed E-state index contributed by atoms with van der Waals surface area (Å²) in [6, 6.07) is 1.90. The largest absolute Gasteiger partial charge is 0.341 e. The maximum Gasteiger partial charge on any atom is 0.177 e. The number of carbonyl (C=O) groups excluding carboxylic acids is 1. The summed E-state index contributed by atoms with van der Waals surface area (Å²) in [5, 5.41) is 0. The number of H-pyrrole nitrogens is 1. The van der Waals surface area contributed by atoms with Gasteiger partial charge < -0.3 is 9.78 Å². The number of nitrogens with one attached hydrogen (secondary N) is 1. The lowest BCUT2D eigenvalue weighted by Crippen LogP contribution is -1.87. The lowest BCUT2D eigenvalue weighted by molar-refractivity contribution is -0.107. The second kappa shape index (κ2) is 2.97. The molecule has 0 radical (unpaired) electrons. The summed E-state index contributed by atoms with van der Waals surface area (Å²) >= 11 is 0. The normalized spacial score (nSPS) is 10.5. The van der Waals surface area contributed by atoms with Crippen molar-refractivity contribution in [3.05, 3.63) is 23.7 Å². The zero-order valence-corrected chi connectivity index (χ0v) is 7.24. The molecule has 0 aliphatic heterocycles. The van der Waals surface area contributed by atoms with Gasteiger partial charge >= 0.3 is 0 Å². The van der Waals surface area contributed by atoms with Crippen LogP contribution in [0.5, 0.6) is 0 Å². The van der Waals surface area contributed by atoms with Gasteiger partial charge in [-0.3, -0.25) is 0 Å². The number of hydrogen-bond donors (Lipinski definition) is 1. The van der Waals surface area contributed by atoms with Gasteiger partial charge in [-0.1, -0.05) is 0 Å². The summed E-state index contributed by atoms with van der Waals surface area (Å²) in [6.45, 7) is 1.88. The van der Waals surface area contributed by atoms with E-state index in [2.05, 4.69) is 15.0 Å². The van der Waals surface area contributed by atoms with Crippen LogP contribution in [0.4, 0.5) is 0 Å². The number of carbonyl (C=O) groups is 1. The summed E-state index contributed by atoms with van der Waals surface area (Å²) in [5.74, 6) is 0.839. The van der Waals surface area contributed by atoms with E-state index in [1.807, 2.05) is 13.0 Å². The third-order valence-corrected chi connectivity index (χ3v) is 1.83. The number of fused-ring (bicyclic) bond motifs is 1. The predicted molar refractivity (Wildman–Crippen MR) is 48.4 cm³/mol. The first kappa shape index (κ1) is 7.91. The van der Waals surface area contributed by atoms with Crippen molar-refractivity contribution < 1.29 is 4.79 Å². The molecular weight excluding hydrogens is 166 g/mol. The number of aldehydes is 1. The first-order chi connectivity index (χ1) is 6.29. The van der Waals surface area contributed by atoms with Crippen molar-refractivity contribution in [3.63, 3.8) is 0 Å². The topological polar surface area (TPSA) is 58.6 Å². The van der Waals surface area contributed by atoms with E-state index in [0.29, 0.717) is 12.1 Å².